The largest absolute Gasteiger partial charge is 0.134 e. The third kappa shape index (κ3) is 5.31. The second-order valence-electron chi connectivity index (χ2n) is 12.9. The van der Waals surface area contributed by atoms with Gasteiger partial charge in [-0.2, -0.15) is 0 Å². The normalized spacial score (nSPS) is 11.8. The van der Waals surface area contributed by atoms with Gasteiger partial charge in [-0.05, 0) is 89.5 Å². The van der Waals surface area contributed by atoms with Crippen LogP contribution in [0, 0.1) is 0 Å². The van der Waals surface area contributed by atoms with Crippen LogP contribution >= 0.6 is 11.3 Å². The number of rotatable bonds is 7. The molecule has 0 aliphatic carbocycles. The summed E-state index contributed by atoms with van der Waals surface area (Å²) in [5.41, 5.74) is 10.8. The van der Waals surface area contributed by atoms with Crippen molar-refractivity contribution in [2.75, 3.05) is 0 Å². The molecule has 0 fully saturated rings. The van der Waals surface area contributed by atoms with Gasteiger partial charge < -0.3 is 0 Å². The summed E-state index contributed by atoms with van der Waals surface area (Å²) in [6.07, 6.45) is 5.90. The zero-order valence-corrected chi connectivity index (χ0v) is 29.0. The highest BCUT2D eigenvalue weighted by molar-refractivity contribution is 7.23. The van der Waals surface area contributed by atoms with Gasteiger partial charge >= 0.3 is 0 Å². The van der Waals surface area contributed by atoms with Crippen LogP contribution in [0.1, 0.15) is 5.56 Å². The second-order valence-corrected chi connectivity index (χ2v) is 14.0. The molecule has 0 saturated heterocycles. The van der Waals surface area contributed by atoms with Gasteiger partial charge in [0.25, 0.3) is 0 Å². The summed E-state index contributed by atoms with van der Waals surface area (Å²) in [5, 5.41) is 8.71. The molecule has 0 aliphatic heterocycles. The van der Waals surface area contributed by atoms with Crippen LogP contribution in [-0.2, 0) is 0 Å². The number of thiophene rings is 1. The van der Waals surface area contributed by atoms with E-state index in [-0.39, 0.29) is 0 Å². The Morgan fingerprint density at radius 3 is 1.61 bits per heavy atom. The zero-order valence-electron chi connectivity index (χ0n) is 28.1. The maximum atomic E-state index is 4.25. The van der Waals surface area contributed by atoms with Gasteiger partial charge in [0.15, 0.2) is 0 Å². The van der Waals surface area contributed by atoms with Gasteiger partial charge in [-0.1, -0.05) is 177 Å². The first-order chi connectivity index (χ1) is 25.2. The number of allylic oxidation sites excluding steroid dienone is 4. The maximum Gasteiger partial charge on any atom is 0.0446 e. The van der Waals surface area contributed by atoms with Crippen LogP contribution in [0.2, 0.25) is 0 Å². The second kappa shape index (κ2) is 12.9. The average Bonchev–Trinajstić information content (AvgIpc) is 3.60. The van der Waals surface area contributed by atoms with Crippen molar-refractivity contribution in [1.82, 2.24) is 0 Å². The van der Waals surface area contributed by atoms with E-state index in [0.29, 0.717) is 0 Å². The summed E-state index contributed by atoms with van der Waals surface area (Å²) in [6, 6.07) is 59.7. The van der Waals surface area contributed by atoms with Crippen molar-refractivity contribution >= 4 is 59.3 Å². The van der Waals surface area contributed by atoms with E-state index in [4.69, 9.17) is 0 Å². The van der Waals surface area contributed by atoms with Gasteiger partial charge in [-0.3, -0.25) is 0 Å². The standard InChI is InChI=1S/C50H34S/c1-3-15-33(4-2)45-43-22-13-14-23-44(43)48-47(36-19-9-6-10-20-36)49(51-50(48)46(45)35-17-7-5-8-18-35)42-29-28-40-31-39(26-27-41(40)32-42)38-25-24-34-16-11-12-21-37(34)30-38/h3-32H,1-2H2/b33-15+. The lowest BCUT2D eigenvalue weighted by atomic mass is 9.85. The molecule has 0 saturated carbocycles. The number of fused-ring (bicyclic) bond motifs is 5. The van der Waals surface area contributed by atoms with Crippen LogP contribution in [0.5, 0.6) is 0 Å². The van der Waals surface area contributed by atoms with E-state index in [0.717, 1.165) is 5.57 Å². The molecule has 0 aliphatic rings. The Bertz CT molecular complexity index is 2810. The van der Waals surface area contributed by atoms with Gasteiger partial charge in [-0.25, -0.2) is 0 Å². The molecule has 1 aromatic heterocycles. The predicted molar refractivity (Wildman–Crippen MR) is 224 cm³/mol. The van der Waals surface area contributed by atoms with Crippen molar-refractivity contribution in [3.8, 4) is 43.8 Å². The third-order valence-electron chi connectivity index (χ3n) is 9.97. The molecule has 0 unspecified atom stereocenters. The predicted octanol–water partition coefficient (Wildman–Crippen LogP) is 14.8. The lowest BCUT2D eigenvalue weighted by Crippen LogP contribution is -1.93. The Morgan fingerprint density at radius 1 is 0.451 bits per heavy atom. The smallest absolute Gasteiger partial charge is 0.0446 e. The van der Waals surface area contributed by atoms with Gasteiger partial charge in [0, 0.05) is 26.1 Å². The minimum atomic E-state index is 1.06. The topological polar surface area (TPSA) is 0 Å². The first-order valence-electron chi connectivity index (χ1n) is 17.3. The first kappa shape index (κ1) is 30.8. The van der Waals surface area contributed by atoms with E-state index in [1.54, 1.807) is 0 Å². The first-order valence-corrected chi connectivity index (χ1v) is 18.1. The van der Waals surface area contributed by atoms with Gasteiger partial charge in [0.2, 0.25) is 0 Å². The average molecular weight is 667 g/mol. The molecule has 0 nitrogen and oxygen atoms in total. The molecule has 0 spiro atoms. The van der Waals surface area contributed by atoms with Crippen LogP contribution in [0.4, 0.5) is 0 Å². The minimum absolute atomic E-state index is 1.06. The van der Waals surface area contributed by atoms with E-state index < -0.39 is 0 Å². The van der Waals surface area contributed by atoms with E-state index >= 15 is 0 Å². The number of benzene rings is 8. The minimum Gasteiger partial charge on any atom is -0.134 e. The molecule has 0 atom stereocenters. The third-order valence-corrected chi connectivity index (χ3v) is 11.2. The molecule has 1 heterocycles. The van der Waals surface area contributed by atoms with Crippen molar-refractivity contribution < 1.29 is 0 Å². The van der Waals surface area contributed by atoms with Crippen molar-refractivity contribution in [2.24, 2.45) is 0 Å². The van der Waals surface area contributed by atoms with Gasteiger partial charge in [0.05, 0.1) is 0 Å². The van der Waals surface area contributed by atoms with Crippen LogP contribution in [0.3, 0.4) is 0 Å². The molecule has 1 heteroatoms. The Labute approximate surface area is 302 Å². The summed E-state index contributed by atoms with van der Waals surface area (Å²) >= 11 is 1.89. The molecular formula is C50H34S. The van der Waals surface area contributed by atoms with E-state index in [1.165, 1.54) is 91.8 Å². The molecule has 0 bridgehead atoms. The van der Waals surface area contributed by atoms with Crippen LogP contribution in [0.15, 0.2) is 195 Å². The summed E-state index contributed by atoms with van der Waals surface area (Å²) in [5.74, 6) is 0. The lowest BCUT2D eigenvalue weighted by Gasteiger charge is -2.17. The van der Waals surface area contributed by atoms with Crippen molar-refractivity contribution in [3.05, 3.63) is 201 Å². The van der Waals surface area contributed by atoms with Crippen molar-refractivity contribution in [3.63, 3.8) is 0 Å². The van der Waals surface area contributed by atoms with Gasteiger partial charge in [-0.15, -0.1) is 11.3 Å². The molecule has 51 heavy (non-hydrogen) atoms. The summed E-state index contributed by atoms with van der Waals surface area (Å²) < 4.78 is 1.27. The fourth-order valence-electron chi connectivity index (χ4n) is 7.61. The zero-order chi connectivity index (χ0) is 34.3. The summed E-state index contributed by atoms with van der Waals surface area (Å²) in [4.78, 5) is 1.27. The monoisotopic (exact) mass is 666 g/mol. The quantitative estimate of drug-likeness (QED) is 0.149. The van der Waals surface area contributed by atoms with E-state index in [2.05, 4.69) is 183 Å². The number of hydrogen-bond donors (Lipinski definition) is 0. The molecule has 8 aromatic carbocycles. The molecular weight excluding hydrogens is 633 g/mol. The highest BCUT2D eigenvalue weighted by Gasteiger charge is 2.25. The molecule has 240 valence electrons. The molecule has 9 rings (SSSR count). The lowest BCUT2D eigenvalue weighted by molar-refractivity contribution is 1.64. The molecule has 0 amide bonds. The Kier molecular flexibility index (Phi) is 7.76. The Morgan fingerprint density at radius 2 is 0.961 bits per heavy atom. The van der Waals surface area contributed by atoms with E-state index in [1.807, 2.05) is 23.5 Å². The molecule has 0 radical (unpaired) electrons. The van der Waals surface area contributed by atoms with Crippen molar-refractivity contribution in [1.29, 1.82) is 0 Å². The Balaban J connectivity index is 1.33. The molecule has 9 aromatic rings. The maximum absolute atomic E-state index is 4.25. The fourth-order valence-corrected chi connectivity index (χ4v) is 9.02. The highest BCUT2D eigenvalue weighted by Crippen LogP contribution is 2.53. The number of hydrogen-bond acceptors (Lipinski definition) is 1. The molecule has 0 N–H and O–H groups in total. The van der Waals surface area contributed by atoms with Crippen LogP contribution < -0.4 is 0 Å². The SMILES string of the molecule is C=C/C=C(\C=C)c1c(-c2ccccc2)c2sc(-c3ccc4cc(-c5ccc6ccccc6c5)ccc4c3)c(-c3ccccc3)c2c2ccccc12. The summed E-state index contributed by atoms with van der Waals surface area (Å²) in [7, 11) is 0. The van der Waals surface area contributed by atoms with E-state index in [9.17, 15) is 0 Å². The Hall–Kier alpha value is -6.28. The van der Waals surface area contributed by atoms with Crippen LogP contribution in [-0.4, -0.2) is 0 Å². The highest BCUT2D eigenvalue weighted by atomic mass is 32.1. The van der Waals surface area contributed by atoms with Gasteiger partial charge in [0.1, 0.15) is 0 Å². The fraction of sp³-hybridized carbons (Fsp3) is 0. The van der Waals surface area contributed by atoms with Crippen molar-refractivity contribution in [2.45, 2.75) is 0 Å². The summed E-state index contributed by atoms with van der Waals surface area (Å²) in [6.45, 7) is 8.30. The van der Waals surface area contributed by atoms with Crippen LogP contribution in [0.25, 0.3) is 91.8 Å².